The molecule has 3 aromatic rings. The molecule has 0 fully saturated rings. The lowest BCUT2D eigenvalue weighted by Crippen LogP contribution is -2.11. The quantitative estimate of drug-likeness (QED) is 0.711. The van der Waals surface area contributed by atoms with Crippen LogP contribution >= 0.6 is 0 Å². The van der Waals surface area contributed by atoms with E-state index in [9.17, 15) is 4.79 Å². The summed E-state index contributed by atoms with van der Waals surface area (Å²) in [5.41, 5.74) is 8.70. The topological polar surface area (TPSA) is 56.0 Å². The molecule has 3 rings (SSSR count). The van der Waals surface area contributed by atoms with Gasteiger partial charge in [-0.3, -0.25) is 4.79 Å². The summed E-state index contributed by atoms with van der Waals surface area (Å²) in [6.45, 7) is 2.13. The van der Waals surface area contributed by atoms with Gasteiger partial charge >= 0.3 is 0 Å². The molecular formula is C16H14N2O. The number of para-hydroxylation sites is 1. The van der Waals surface area contributed by atoms with Crippen LogP contribution in [0, 0.1) is 0 Å². The fourth-order valence-electron chi connectivity index (χ4n) is 2.33. The molecule has 0 spiro atoms. The molecule has 2 N–H and O–H groups in total. The Morgan fingerprint density at radius 3 is 2.74 bits per heavy atom. The first-order valence-corrected chi connectivity index (χ1v) is 6.31. The fraction of sp³-hybridized carbons (Fsp3) is 0.125. The van der Waals surface area contributed by atoms with E-state index in [1.165, 1.54) is 5.56 Å². The molecule has 1 aromatic heterocycles. The average Bonchev–Trinajstić information content (AvgIpc) is 2.43. The highest BCUT2D eigenvalue weighted by Gasteiger charge is 2.08. The van der Waals surface area contributed by atoms with E-state index in [4.69, 9.17) is 5.73 Å². The third-order valence-electron chi connectivity index (χ3n) is 3.38. The number of fused-ring (bicyclic) bond motifs is 2. The Balaban J connectivity index is 2.37. The monoisotopic (exact) mass is 250 g/mol. The van der Waals surface area contributed by atoms with Crippen LogP contribution in [0.15, 0.2) is 42.5 Å². The van der Waals surface area contributed by atoms with Gasteiger partial charge in [0.2, 0.25) is 0 Å². The maximum Gasteiger partial charge on any atom is 0.250 e. The first kappa shape index (κ1) is 11.7. The molecule has 0 saturated heterocycles. The van der Waals surface area contributed by atoms with E-state index < -0.39 is 5.91 Å². The Morgan fingerprint density at radius 1 is 1.16 bits per heavy atom. The molecule has 2 aromatic carbocycles. The Kier molecular flexibility index (Phi) is 2.67. The molecule has 3 heteroatoms. The van der Waals surface area contributed by atoms with Gasteiger partial charge in [-0.05, 0) is 36.2 Å². The largest absolute Gasteiger partial charge is 0.366 e. The number of pyridine rings is 1. The van der Waals surface area contributed by atoms with Crippen LogP contribution in [-0.4, -0.2) is 10.9 Å². The summed E-state index contributed by atoms with van der Waals surface area (Å²) in [6.07, 6.45) is 0.995. The summed E-state index contributed by atoms with van der Waals surface area (Å²) < 4.78 is 0. The van der Waals surface area contributed by atoms with Gasteiger partial charge in [-0.25, -0.2) is 4.98 Å². The number of amides is 1. The number of aromatic nitrogens is 1. The third kappa shape index (κ3) is 1.93. The Bertz CT molecular complexity index is 793. The lowest BCUT2D eigenvalue weighted by Gasteiger charge is -2.06. The molecule has 1 heterocycles. The van der Waals surface area contributed by atoms with Crippen LogP contribution in [0.25, 0.3) is 21.8 Å². The standard InChI is InChI=1S/C16H14N2O/c1-2-10-6-7-14-12(8-10)9-11-4-3-5-13(16(17)19)15(11)18-14/h3-9H,2H2,1H3,(H2,17,19). The van der Waals surface area contributed by atoms with E-state index in [0.717, 1.165) is 22.7 Å². The number of carbonyl (C=O) groups excluding carboxylic acids is 1. The number of nitrogens with two attached hydrogens (primary N) is 1. The number of benzene rings is 2. The first-order valence-electron chi connectivity index (χ1n) is 6.31. The molecular weight excluding hydrogens is 236 g/mol. The van der Waals surface area contributed by atoms with E-state index >= 15 is 0 Å². The molecule has 0 atom stereocenters. The maximum atomic E-state index is 11.4. The number of carbonyl (C=O) groups is 1. The lowest BCUT2D eigenvalue weighted by atomic mass is 10.0. The zero-order valence-corrected chi connectivity index (χ0v) is 10.7. The van der Waals surface area contributed by atoms with Crippen molar-refractivity contribution in [3.8, 4) is 0 Å². The van der Waals surface area contributed by atoms with Crippen molar-refractivity contribution >= 4 is 27.7 Å². The highest BCUT2D eigenvalue weighted by molar-refractivity contribution is 6.07. The van der Waals surface area contributed by atoms with Crippen molar-refractivity contribution in [3.05, 3.63) is 53.6 Å². The maximum absolute atomic E-state index is 11.4. The average molecular weight is 250 g/mol. The number of aryl methyl sites for hydroxylation is 1. The summed E-state index contributed by atoms with van der Waals surface area (Å²) in [4.78, 5) is 16.0. The second-order valence-electron chi connectivity index (χ2n) is 4.61. The molecule has 0 aliphatic heterocycles. The number of rotatable bonds is 2. The van der Waals surface area contributed by atoms with Crippen molar-refractivity contribution < 1.29 is 4.79 Å². The van der Waals surface area contributed by atoms with Gasteiger partial charge in [0.15, 0.2) is 0 Å². The van der Waals surface area contributed by atoms with Crippen LogP contribution in [0.1, 0.15) is 22.8 Å². The smallest absolute Gasteiger partial charge is 0.250 e. The van der Waals surface area contributed by atoms with Gasteiger partial charge in [0.25, 0.3) is 5.91 Å². The van der Waals surface area contributed by atoms with E-state index in [0.29, 0.717) is 11.1 Å². The van der Waals surface area contributed by atoms with Crippen molar-refractivity contribution in [2.75, 3.05) is 0 Å². The van der Waals surface area contributed by atoms with Crippen molar-refractivity contribution in [2.45, 2.75) is 13.3 Å². The second-order valence-corrected chi connectivity index (χ2v) is 4.61. The van der Waals surface area contributed by atoms with E-state index in [-0.39, 0.29) is 0 Å². The predicted molar refractivity (Wildman–Crippen MR) is 77.1 cm³/mol. The highest BCUT2D eigenvalue weighted by atomic mass is 16.1. The van der Waals surface area contributed by atoms with Crippen molar-refractivity contribution in [3.63, 3.8) is 0 Å². The van der Waals surface area contributed by atoms with Crippen LogP contribution in [0.3, 0.4) is 0 Å². The minimum absolute atomic E-state index is 0.442. The van der Waals surface area contributed by atoms with Crippen LogP contribution in [0.2, 0.25) is 0 Å². The molecule has 0 unspecified atom stereocenters. The first-order chi connectivity index (χ1) is 9.19. The molecule has 0 aliphatic rings. The van der Waals surface area contributed by atoms with E-state index in [1.54, 1.807) is 6.07 Å². The van der Waals surface area contributed by atoms with Gasteiger partial charge in [-0.15, -0.1) is 0 Å². The molecule has 0 radical (unpaired) electrons. The SMILES string of the molecule is CCc1ccc2nc3c(C(N)=O)cccc3cc2c1. The van der Waals surface area contributed by atoms with Gasteiger partial charge in [0, 0.05) is 10.8 Å². The fourth-order valence-corrected chi connectivity index (χ4v) is 2.33. The van der Waals surface area contributed by atoms with Crippen LogP contribution < -0.4 is 5.73 Å². The zero-order valence-electron chi connectivity index (χ0n) is 10.7. The number of primary amides is 1. The Morgan fingerprint density at radius 2 is 2.00 bits per heavy atom. The Hall–Kier alpha value is -2.42. The number of nitrogens with zero attached hydrogens (tertiary/aromatic N) is 1. The summed E-state index contributed by atoms with van der Waals surface area (Å²) in [5, 5.41) is 2.03. The summed E-state index contributed by atoms with van der Waals surface area (Å²) in [6, 6.07) is 13.7. The summed E-state index contributed by atoms with van der Waals surface area (Å²) in [7, 11) is 0. The van der Waals surface area contributed by atoms with Crippen LogP contribution in [0.4, 0.5) is 0 Å². The number of hydrogen-bond acceptors (Lipinski definition) is 2. The van der Waals surface area contributed by atoms with Crippen LogP contribution in [0.5, 0.6) is 0 Å². The van der Waals surface area contributed by atoms with Gasteiger partial charge in [-0.2, -0.15) is 0 Å². The molecule has 3 nitrogen and oxygen atoms in total. The molecule has 1 amide bonds. The normalized spacial score (nSPS) is 11.0. The highest BCUT2D eigenvalue weighted by Crippen LogP contribution is 2.23. The van der Waals surface area contributed by atoms with Gasteiger partial charge in [0.1, 0.15) is 0 Å². The van der Waals surface area contributed by atoms with Gasteiger partial charge in [-0.1, -0.05) is 25.1 Å². The second kappa shape index (κ2) is 4.35. The molecule has 0 bridgehead atoms. The molecule has 94 valence electrons. The van der Waals surface area contributed by atoms with E-state index in [1.807, 2.05) is 18.2 Å². The molecule has 19 heavy (non-hydrogen) atoms. The summed E-state index contributed by atoms with van der Waals surface area (Å²) >= 11 is 0. The zero-order chi connectivity index (χ0) is 13.4. The van der Waals surface area contributed by atoms with Gasteiger partial charge < -0.3 is 5.73 Å². The van der Waals surface area contributed by atoms with Crippen molar-refractivity contribution in [1.29, 1.82) is 0 Å². The third-order valence-corrected chi connectivity index (χ3v) is 3.38. The predicted octanol–water partition coefficient (Wildman–Crippen LogP) is 3.05. The van der Waals surface area contributed by atoms with Gasteiger partial charge in [0.05, 0.1) is 16.6 Å². The van der Waals surface area contributed by atoms with Crippen LogP contribution in [-0.2, 0) is 6.42 Å². The molecule has 0 saturated carbocycles. The minimum Gasteiger partial charge on any atom is -0.366 e. The summed E-state index contributed by atoms with van der Waals surface area (Å²) in [5.74, 6) is -0.442. The lowest BCUT2D eigenvalue weighted by molar-refractivity contribution is 0.100. The molecule has 0 aliphatic carbocycles. The van der Waals surface area contributed by atoms with Crippen molar-refractivity contribution in [1.82, 2.24) is 4.98 Å². The van der Waals surface area contributed by atoms with Crippen molar-refractivity contribution in [2.24, 2.45) is 5.73 Å². The number of hydrogen-bond donors (Lipinski definition) is 1. The van der Waals surface area contributed by atoms with E-state index in [2.05, 4.69) is 30.1 Å². The minimum atomic E-state index is -0.442. The Labute approximate surface area is 111 Å².